The molecule has 5 nitrogen and oxygen atoms in total. The van der Waals surface area contributed by atoms with Crippen molar-refractivity contribution in [2.75, 3.05) is 13.2 Å². The van der Waals surface area contributed by atoms with Gasteiger partial charge < -0.3 is 14.0 Å². The lowest BCUT2D eigenvalue weighted by atomic mass is 10.2. The smallest absolute Gasteiger partial charge is 0.237 e. The number of ether oxygens (including phenoxy) is 2. The van der Waals surface area contributed by atoms with Gasteiger partial charge in [0.2, 0.25) is 11.7 Å². The van der Waals surface area contributed by atoms with Gasteiger partial charge in [-0.05, 0) is 30.3 Å². The Kier molecular flexibility index (Phi) is 4.44. The molecule has 0 bridgehead atoms. The van der Waals surface area contributed by atoms with Gasteiger partial charge in [0.1, 0.15) is 13.2 Å². The predicted octanol–water partition coefficient (Wildman–Crippen LogP) is 4.56. The van der Waals surface area contributed by atoms with Crippen molar-refractivity contribution in [2.24, 2.45) is 0 Å². The molecule has 0 atom stereocenters. The summed E-state index contributed by atoms with van der Waals surface area (Å²) >= 11 is 5.06. The van der Waals surface area contributed by atoms with E-state index in [2.05, 4.69) is 26.1 Å². The molecular weight excluding hydrogens is 392 g/mol. The number of hydrogen-bond donors (Lipinski definition) is 0. The summed E-state index contributed by atoms with van der Waals surface area (Å²) in [5.74, 6) is 3.35. The Labute approximate surface area is 151 Å². The van der Waals surface area contributed by atoms with Gasteiger partial charge in [-0.2, -0.15) is 4.98 Å². The minimum absolute atomic E-state index is 0.584. The number of fused-ring (bicyclic) bond motifs is 1. The first-order valence-electron chi connectivity index (χ1n) is 7.39. The highest BCUT2D eigenvalue weighted by molar-refractivity contribution is 9.10. The van der Waals surface area contributed by atoms with Crippen LogP contribution in [0.2, 0.25) is 0 Å². The number of aromatic nitrogens is 2. The van der Waals surface area contributed by atoms with Crippen LogP contribution in [-0.4, -0.2) is 23.4 Å². The summed E-state index contributed by atoms with van der Waals surface area (Å²) in [6.07, 6.45) is 0. The van der Waals surface area contributed by atoms with E-state index < -0.39 is 0 Å². The van der Waals surface area contributed by atoms with E-state index in [1.54, 1.807) is 11.8 Å². The van der Waals surface area contributed by atoms with Crippen LogP contribution in [0.1, 0.15) is 5.89 Å². The van der Waals surface area contributed by atoms with Gasteiger partial charge in [0.25, 0.3) is 0 Å². The summed E-state index contributed by atoms with van der Waals surface area (Å²) in [5.41, 5.74) is 0.920. The van der Waals surface area contributed by atoms with Crippen LogP contribution >= 0.6 is 27.7 Å². The predicted molar refractivity (Wildman–Crippen MR) is 94.4 cm³/mol. The summed E-state index contributed by atoms with van der Waals surface area (Å²) in [6.45, 7) is 1.18. The topological polar surface area (TPSA) is 57.4 Å². The van der Waals surface area contributed by atoms with Crippen LogP contribution in [-0.2, 0) is 5.75 Å². The minimum atomic E-state index is 0.584. The molecule has 0 radical (unpaired) electrons. The fourth-order valence-corrected chi connectivity index (χ4v) is 3.48. The third-order valence-corrected chi connectivity index (χ3v) is 4.90. The number of thioether (sulfide) groups is 1. The van der Waals surface area contributed by atoms with Gasteiger partial charge in [0, 0.05) is 14.9 Å². The Morgan fingerprint density at radius 1 is 1.04 bits per heavy atom. The van der Waals surface area contributed by atoms with E-state index in [4.69, 9.17) is 14.0 Å². The first-order valence-corrected chi connectivity index (χ1v) is 9.17. The molecule has 2 aromatic carbocycles. The maximum Gasteiger partial charge on any atom is 0.237 e. The van der Waals surface area contributed by atoms with Crippen molar-refractivity contribution >= 4 is 27.7 Å². The molecule has 24 heavy (non-hydrogen) atoms. The number of nitrogens with zero attached hydrogens (tertiary/aromatic N) is 2. The van der Waals surface area contributed by atoms with E-state index in [9.17, 15) is 0 Å². The Bertz CT molecular complexity index is 869. The zero-order valence-corrected chi connectivity index (χ0v) is 15.0. The molecule has 0 saturated carbocycles. The zero-order chi connectivity index (χ0) is 16.4. The summed E-state index contributed by atoms with van der Waals surface area (Å²) in [4.78, 5) is 5.52. The largest absolute Gasteiger partial charge is 0.486 e. The van der Waals surface area contributed by atoms with Crippen molar-refractivity contribution in [2.45, 2.75) is 10.6 Å². The van der Waals surface area contributed by atoms with E-state index in [1.165, 1.54) is 0 Å². The third kappa shape index (κ3) is 3.42. The standard InChI is InChI=1S/C17H13BrN2O3S/c18-12-3-1-2-11(8-12)17-19-16(23-20-17)10-24-13-4-5-14-15(9-13)22-7-6-21-14/h1-5,8-9H,6-7,10H2. The van der Waals surface area contributed by atoms with Gasteiger partial charge in [-0.15, -0.1) is 11.8 Å². The van der Waals surface area contributed by atoms with E-state index in [1.807, 2.05) is 42.5 Å². The number of benzene rings is 2. The second-order valence-corrected chi connectivity index (χ2v) is 7.08. The van der Waals surface area contributed by atoms with Crippen LogP contribution in [0, 0.1) is 0 Å². The maximum atomic E-state index is 5.60. The van der Waals surface area contributed by atoms with E-state index in [0.29, 0.717) is 30.7 Å². The van der Waals surface area contributed by atoms with Crippen molar-refractivity contribution in [3.8, 4) is 22.9 Å². The summed E-state index contributed by atoms with van der Waals surface area (Å²) in [6, 6.07) is 13.7. The van der Waals surface area contributed by atoms with Crippen molar-refractivity contribution < 1.29 is 14.0 Å². The van der Waals surface area contributed by atoms with Crippen molar-refractivity contribution in [3.05, 3.63) is 52.8 Å². The molecule has 0 saturated heterocycles. The second kappa shape index (κ2) is 6.86. The second-order valence-electron chi connectivity index (χ2n) is 5.12. The van der Waals surface area contributed by atoms with Crippen LogP contribution in [0.25, 0.3) is 11.4 Å². The molecule has 4 rings (SSSR count). The number of rotatable bonds is 4. The van der Waals surface area contributed by atoms with Crippen molar-refractivity contribution in [3.63, 3.8) is 0 Å². The SMILES string of the molecule is Brc1cccc(-c2noc(CSc3ccc4c(c3)OCCO4)n2)c1. The molecule has 3 aromatic rings. The Morgan fingerprint density at radius 3 is 2.79 bits per heavy atom. The normalized spacial score (nSPS) is 13.0. The van der Waals surface area contributed by atoms with E-state index in [-0.39, 0.29) is 0 Å². The van der Waals surface area contributed by atoms with Gasteiger partial charge in [0.15, 0.2) is 11.5 Å². The highest BCUT2D eigenvalue weighted by atomic mass is 79.9. The molecule has 7 heteroatoms. The van der Waals surface area contributed by atoms with Gasteiger partial charge in [-0.3, -0.25) is 0 Å². The first kappa shape index (κ1) is 15.5. The van der Waals surface area contributed by atoms with Crippen LogP contribution in [0.5, 0.6) is 11.5 Å². The van der Waals surface area contributed by atoms with Crippen molar-refractivity contribution in [1.29, 1.82) is 0 Å². The molecule has 1 aromatic heterocycles. The molecule has 0 N–H and O–H groups in total. The molecule has 122 valence electrons. The lowest BCUT2D eigenvalue weighted by Gasteiger charge is -2.18. The Hall–Kier alpha value is -1.99. The average molecular weight is 405 g/mol. The van der Waals surface area contributed by atoms with E-state index >= 15 is 0 Å². The fraction of sp³-hybridized carbons (Fsp3) is 0.176. The fourth-order valence-electron chi connectivity index (χ4n) is 2.32. The monoisotopic (exact) mass is 404 g/mol. The molecule has 0 unspecified atom stereocenters. The molecule has 0 fully saturated rings. The number of hydrogen-bond acceptors (Lipinski definition) is 6. The maximum absolute atomic E-state index is 5.60. The molecule has 2 heterocycles. The lowest BCUT2D eigenvalue weighted by Crippen LogP contribution is -2.15. The van der Waals surface area contributed by atoms with Gasteiger partial charge in [-0.1, -0.05) is 33.2 Å². The zero-order valence-electron chi connectivity index (χ0n) is 12.6. The summed E-state index contributed by atoms with van der Waals surface area (Å²) in [7, 11) is 0. The quantitative estimate of drug-likeness (QED) is 0.593. The highest BCUT2D eigenvalue weighted by Gasteiger charge is 2.13. The summed E-state index contributed by atoms with van der Waals surface area (Å²) in [5, 5.41) is 4.05. The van der Waals surface area contributed by atoms with E-state index in [0.717, 1.165) is 26.4 Å². The average Bonchev–Trinajstić information content (AvgIpc) is 3.09. The van der Waals surface area contributed by atoms with Crippen LogP contribution in [0.15, 0.2) is 56.4 Å². The van der Waals surface area contributed by atoms with Crippen LogP contribution in [0.4, 0.5) is 0 Å². The third-order valence-electron chi connectivity index (χ3n) is 3.43. The molecule has 0 spiro atoms. The summed E-state index contributed by atoms with van der Waals surface area (Å²) < 4.78 is 17.4. The molecule has 1 aliphatic heterocycles. The van der Waals surface area contributed by atoms with Crippen LogP contribution < -0.4 is 9.47 Å². The molecule has 0 aliphatic carbocycles. The van der Waals surface area contributed by atoms with Gasteiger partial charge >= 0.3 is 0 Å². The van der Waals surface area contributed by atoms with Crippen molar-refractivity contribution in [1.82, 2.24) is 10.1 Å². The van der Waals surface area contributed by atoms with Crippen LogP contribution in [0.3, 0.4) is 0 Å². The highest BCUT2D eigenvalue weighted by Crippen LogP contribution is 2.35. The lowest BCUT2D eigenvalue weighted by molar-refractivity contribution is 0.171. The Morgan fingerprint density at radius 2 is 1.92 bits per heavy atom. The van der Waals surface area contributed by atoms with Gasteiger partial charge in [0.05, 0.1) is 5.75 Å². The first-order chi connectivity index (χ1) is 11.8. The number of halogens is 1. The minimum Gasteiger partial charge on any atom is -0.486 e. The molecular formula is C17H13BrN2O3S. The molecule has 0 amide bonds. The van der Waals surface area contributed by atoms with Gasteiger partial charge in [-0.25, -0.2) is 0 Å². The Balaban J connectivity index is 1.45. The molecule has 1 aliphatic rings.